The molecule has 0 saturated heterocycles. The van der Waals surface area contributed by atoms with Crippen LogP contribution in [0.5, 0.6) is 0 Å². The maximum Gasteiger partial charge on any atom is 0.329 e. The molecule has 2 rings (SSSR count). The Bertz CT molecular complexity index is 434. The van der Waals surface area contributed by atoms with Gasteiger partial charge in [-0.3, -0.25) is 0 Å². The first-order valence-electron chi connectivity index (χ1n) is 6.12. The van der Waals surface area contributed by atoms with Gasteiger partial charge in [-0.15, -0.1) is 0 Å². The zero-order valence-corrected chi connectivity index (χ0v) is 10.4. The van der Waals surface area contributed by atoms with Gasteiger partial charge in [0.05, 0.1) is 0 Å². The molecule has 17 heavy (non-hydrogen) atoms. The van der Waals surface area contributed by atoms with Crippen molar-refractivity contribution in [3.63, 3.8) is 0 Å². The SMILES string of the molecule is Cc1ccc(NC2(C(=O)O)CCCC2)cc1C. The van der Waals surface area contributed by atoms with Crippen molar-refractivity contribution in [3.05, 3.63) is 29.3 Å². The van der Waals surface area contributed by atoms with E-state index in [0.29, 0.717) is 0 Å². The van der Waals surface area contributed by atoms with Gasteiger partial charge in [-0.05, 0) is 49.9 Å². The van der Waals surface area contributed by atoms with Gasteiger partial charge < -0.3 is 10.4 Å². The molecule has 0 amide bonds. The summed E-state index contributed by atoms with van der Waals surface area (Å²) in [5.74, 6) is -0.728. The molecule has 0 aromatic heterocycles. The normalized spacial score (nSPS) is 18.0. The second-order valence-electron chi connectivity index (χ2n) is 5.02. The molecule has 1 aliphatic carbocycles. The number of rotatable bonds is 3. The van der Waals surface area contributed by atoms with E-state index in [4.69, 9.17) is 0 Å². The van der Waals surface area contributed by atoms with Crippen LogP contribution in [0.4, 0.5) is 5.69 Å². The smallest absolute Gasteiger partial charge is 0.329 e. The predicted molar refractivity (Wildman–Crippen MR) is 68.4 cm³/mol. The molecular formula is C14H19NO2. The second kappa shape index (κ2) is 4.40. The summed E-state index contributed by atoms with van der Waals surface area (Å²) in [7, 11) is 0. The summed E-state index contributed by atoms with van der Waals surface area (Å²) >= 11 is 0. The van der Waals surface area contributed by atoms with Crippen LogP contribution in [-0.2, 0) is 4.79 Å². The quantitative estimate of drug-likeness (QED) is 0.843. The molecule has 3 nitrogen and oxygen atoms in total. The number of hydrogen-bond donors (Lipinski definition) is 2. The minimum absolute atomic E-state index is 0.718. The third-order valence-electron chi connectivity index (χ3n) is 3.76. The van der Waals surface area contributed by atoms with Gasteiger partial charge in [0.1, 0.15) is 5.54 Å². The van der Waals surface area contributed by atoms with Gasteiger partial charge in [0.2, 0.25) is 0 Å². The fourth-order valence-corrected chi connectivity index (χ4v) is 2.47. The van der Waals surface area contributed by atoms with Crippen molar-refractivity contribution in [2.24, 2.45) is 0 Å². The Hall–Kier alpha value is -1.51. The lowest BCUT2D eigenvalue weighted by Gasteiger charge is -2.27. The van der Waals surface area contributed by atoms with E-state index in [-0.39, 0.29) is 0 Å². The molecule has 92 valence electrons. The molecular weight excluding hydrogens is 214 g/mol. The average Bonchev–Trinajstić information content (AvgIpc) is 2.73. The molecule has 1 saturated carbocycles. The van der Waals surface area contributed by atoms with Crippen molar-refractivity contribution in [1.82, 2.24) is 0 Å². The Morgan fingerprint density at radius 3 is 2.41 bits per heavy atom. The van der Waals surface area contributed by atoms with Crippen LogP contribution in [-0.4, -0.2) is 16.6 Å². The van der Waals surface area contributed by atoms with Crippen molar-refractivity contribution in [3.8, 4) is 0 Å². The highest BCUT2D eigenvalue weighted by atomic mass is 16.4. The first kappa shape index (κ1) is 12.0. The number of anilines is 1. The summed E-state index contributed by atoms with van der Waals surface area (Å²) in [4.78, 5) is 11.4. The van der Waals surface area contributed by atoms with E-state index in [1.165, 1.54) is 11.1 Å². The summed E-state index contributed by atoms with van der Waals surface area (Å²) in [6.07, 6.45) is 3.42. The molecule has 3 heteroatoms. The Labute approximate surface area is 102 Å². The van der Waals surface area contributed by atoms with Gasteiger partial charge in [0.25, 0.3) is 0 Å². The average molecular weight is 233 g/mol. The Morgan fingerprint density at radius 1 is 1.24 bits per heavy atom. The number of carboxylic acid groups (broad SMARTS) is 1. The lowest BCUT2D eigenvalue weighted by molar-refractivity contribution is -0.142. The van der Waals surface area contributed by atoms with Gasteiger partial charge in [-0.25, -0.2) is 4.79 Å². The Morgan fingerprint density at radius 2 is 1.88 bits per heavy atom. The maximum atomic E-state index is 11.4. The second-order valence-corrected chi connectivity index (χ2v) is 5.02. The van der Waals surface area contributed by atoms with Crippen LogP contribution >= 0.6 is 0 Å². The van der Waals surface area contributed by atoms with Gasteiger partial charge in [-0.2, -0.15) is 0 Å². The van der Waals surface area contributed by atoms with Crippen molar-refractivity contribution in [2.75, 3.05) is 5.32 Å². The number of carboxylic acids is 1. The number of hydrogen-bond acceptors (Lipinski definition) is 2. The van der Waals surface area contributed by atoms with E-state index in [1.54, 1.807) is 0 Å². The Kier molecular flexibility index (Phi) is 3.09. The molecule has 0 atom stereocenters. The minimum atomic E-state index is -0.748. The van der Waals surface area contributed by atoms with Crippen LogP contribution in [0.15, 0.2) is 18.2 Å². The largest absolute Gasteiger partial charge is 0.480 e. The molecule has 0 heterocycles. The van der Waals surface area contributed by atoms with Crippen LogP contribution < -0.4 is 5.32 Å². The zero-order chi connectivity index (χ0) is 12.5. The summed E-state index contributed by atoms with van der Waals surface area (Å²) in [5, 5.41) is 12.6. The van der Waals surface area contributed by atoms with Crippen LogP contribution in [0.2, 0.25) is 0 Å². The molecule has 1 aromatic carbocycles. The van der Waals surface area contributed by atoms with E-state index < -0.39 is 11.5 Å². The lowest BCUT2D eigenvalue weighted by Crippen LogP contribution is -2.43. The predicted octanol–water partition coefficient (Wildman–Crippen LogP) is 3.11. The van der Waals surface area contributed by atoms with E-state index in [1.807, 2.05) is 25.1 Å². The van der Waals surface area contributed by atoms with Crippen LogP contribution in [0.1, 0.15) is 36.8 Å². The minimum Gasteiger partial charge on any atom is -0.480 e. The number of aliphatic carboxylic acids is 1. The van der Waals surface area contributed by atoms with E-state index >= 15 is 0 Å². The molecule has 0 radical (unpaired) electrons. The molecule has 2 N–H and O–H groups in total. The summed E-state index contributed by atoms with van der Waals surface area (Å²) in [6, 6.07) is 6.02. The number of benzene rings is 1. The van der Waals surface area contributed by atoms with E-state index in [0.717, 1.165) is 31.4 Å². The molecule has 1 fully saturated rings. The molecule has 0 spiro atoms. The maximum absolute atomic E-state index is 11.4. The summed E-state index contributed by atoms with van der Waals surface area (Å²) in [6.45, 7) is 4.10. The molecule has 0 bridgehead atoms. The third kappa shape index (κ3) is 2.28. The van der Waals surface area contributed by atoms with Gasteiger partial charge in [0, 0.05) is 5.69 Å². The van der Waals surface area contributed by atoms with Gasteiger partial charge in [0.15, 0.2) is 0 Å². The fourth-order valence-electron chi connectivity index (χ4n) is 2.47. The van der Waals surface area contributed by atoms with Crippen LogP contribution in [0.3, 0.4) is 0 Å². The molecule has 1 aromatic rings. The fraction of sp³-hybridized carbons (Fsp3) is 0.500. The van der Waals surface area contributed by atoms with Crippen molar-refractivity contribution in [1.29, 1.82) is 0 Å². The molecule has 0 aliphatic heterocycles. The van der Waals surface area contributed by atoms with E-state index in [2.05, 4.69) is 12.2 Å². The number of carbonyl (C=O) groups is 1. The first-order chi connectivity index (χ1) is 8.03. The van der Waals surface area contributed by atoms with Crippen molar-refractivity contribution in [2.45, 2.75) is 45.1 Å². The van der Waals surface area contributed by atoms with Crippen LogP contribution in [0.25, 0.3) is 0 Å². The highest BCUT2D eigenvalue weighted by Gasteiger charge is 2.41. The standard InChI is InChI=1S/C14H19NO2/c1-10-5-6-12(9-11(10)2)15-14(13(16)17)7-3-4-8-14/h5-6,9,15H,3-4,7-8H2,1-2H3,(H,16,17). The monoisotopic (exact) mass is 233 g/mol. The molecule has 0 unspecified atom stereocenters. The topological polar surface area (TPSA) is 49.3 Å². The first-order valence-corrected chi connectivity index (χ1v) is 6.12. The number of nitrogens with one attached hydrogen (secondary N) is 1. The van der Waals surface area contributed by atoms with Crippen molar-refractivity contribution >= 4 is 11.7 Å². The number of aryl methyl sites for hydroxylation is 2. The Balaban J connectivity index is 2.23. The van der Waals surface area contributed by atoms with E-state index in [9.17, 15) is 9.90 Å². The summed E-state index contributed by atoms with van der Waals surface area (Å²) in [5.41, 5.74) is 2.58. The lowest BCUT2D eigenvalue weighted by atomic mass is 9.97. The van der Waals surface area contributed by atoms with Gasteiger partial charge in [-0.1, -0.05) is 18.9 Å². The highest BCUT2D eigenvalue weighted by molar-refractivity contribution is 5.83. The molecule has 1 aliphatic rings. The van der Waals surface area contributed by atoms with Crippen LogP contribution in [0, 0.1) is 13.8 Å². The van der Waals surface area contributed by atoms with Crippen molar-refractivity contribution < 1.29 is 9.90 Å². The third-order valence-corrected chi connectivity index (χ3v) is 3.76. The highest BCUT2D eigenvalue weighted by Crippen LogP contribution is 2.33. The summed E-state index contributed by atoms with van der Waals surface area (Å²) < 4.78 is 0. The van der Waals surface area contributed by atoms with Gasteiger partial charge >= 0.3 is 5.97 Å². The zero-order valence-electron chi connectivity index (χ0n) is 10.4.